The number of carbonyl (C=O) groups is 4. The summed E-state index contributed by atoms with van der Waals surface area (Å²) in [6.45, 7) is 5.17. The molecule has 2 aliphatic heterocycles. The minimum atomic E-state index is -0.683. The predicted molar refractivity (Wildman–Crippen MR) is 189 cm³/mol. The molecule has 50 heavy (non-hydrogen) atoms. The number of amides is 2. The van der Waals surface area contributed by atoms with Crippen molar-refractivity contribution in [2.45, 2.75) is 32.1 Å². The minimum absolute atomic E-state index is 0.00700. The van der Waals surface area contributed by atoms with Crippen LogP contribution in [0.1, 0.15) is 52.8 Å². The summed E-state index contributed by atoms with van der Waals surface area (Å²) < 4.78 is 15.9. The Balaban J connectivity index is 1.02. The molecule has 0 atom stereocenters. The number of carbonyl (C=O) groups excluding carboxylic acids is 4. The fourth-order valence-electron chi connectivity index (χ4n) is 5.97. The van der Waals surface area contributed by atoms with Crippen LogP contribution in [-0.4, -0.2) is 111 Å². The molecule has 16 heteroatoms. The number of ether oxygens (including phenoxy) is 3. The van der Waals surface area contributed by atoms with Crippen molar-refractivity contribution in [1.82, 2.24) is 20.4 Å². The Bertz CT molecular complexity index is 1510. The molecule has 0 bridgehead atoms. The number of hydrogen-bond donors (Lipinski definition) is 5. The van der Waals surface area contributed by atoms with Gasteiger partial charge in [0.05, 0.1) is 28.5 Å². The van der Waals surface area contributed by atoms with Crippen molar-refractivity contribution in [1.29, 1.82) is 0 Å². The predicted octanol–water partition coefficient (Wildman–Crippen LogP) is 2.93. The van der Waals surface area contributed by atoms with Crippen molar-refractivity contribution in [2.24, 2.45) is 11.8 Å². The molecule has 14 nitrogen and oxygen atoms in total. The summed E-state index contributed by atoms with van der Waals surface area (Å²) in [6, 6.07) is 5.41. The monoisotopic (exact) mass is 736 g/mol. The summed E-state index contributed by atoms with van der Waals surface area (Å²) in [5.74, 6) is -1.37. The normalized spacial score (nSPS) is 16.1. The number of piperidine rings is 2. The average molecular weight is 738 g/mol. The fourth-order valence-corrected chi connectivity index (χ4v) is 6.29. The van der Waals surface area contributed by atoms with Gasteiger partial charge in [0.25, 0.3) is 0 Å². The molecule has 0 saturated carbocycles. The zero-order valence-electron chi connectivity index (χ0n) is 28.2. The summed E-state index contributed by atoms with van der Waals surface area (Å²) in [4.78, 5) is 54.5. The van der Waals surface area contributed by atoms with Crippen LogP contribution in [0.2, 0.25) is 10.0 Å². The molecule has 0 radical (unpaired) electrons. The van der Waals surface area contributed by atoms with Gasteiger partial charge in [-0.2, -0.15) is 0 Å². The van der Waals surface area contributed by atoms with Crippen molar-refractivity contribution in [2.75, 3.05) is 84.1 Å². The van der Waals surface area contributed by atoms with E-state index in [9.17, 15) is 24.3 Å². The molecule has 0 aliphatic carbocycles. The van der Waals surface area contributed by atoms with Gasteiger partial charge in [0.2, 0.25) is 11.8 Å². The first kappa shape index (κ1) is 38.8. The summed E-state index contributed by atoms with van der Waals surface area (Å²) in [5.41, 5.74) is 12.1. The highest BCUT2D eigenvalue weighted by atomic mass is 35.5. The quantitative estimate of drug-likeness (QED) is 0.102. The number of benzene rings is 2. The van der Waals surface area contributed by atoms with Gasteiger partial charge in [-0.3, -0.25) is 19.4 Å². The number of hydrogen-bond acceptors (Lipinski definition) is 12. The lowest BCUT2D eigenvalue weighted by molar-refractivity contribution is -0.126. The summed E-state index contributed by atoms with van der Waals surface area (Å²) in [5, 5.41) is 16.3. The number of anilines is 2. The van der Waals surface area contributed by atoms with Gasteiger partial charge in [-0.1, -0.05) is 23.2 Å². The number of halogens is 2. The molecule has 4 rings (SSSR count). The number of esters is 2. The number of nitrogens with zero attached hydrogens (tertiary/aromatic N) is 2. The third-order valence-electron chi connectivity index (χ3n) is 9.02. The summed E-state index contributed by atoms with van der Waals surface area (Å²) >= 11 is 12.0. The lowest BCUT2D eigenvalue weighted by Gasteiger charge is -2.31. The zero-order chi connectivity index (χ0) is 36.2. The van der Waals surface area contributed by atoms with Crippen LogP contribution in [0.5, 0.6) is 11.5 Å². The molecule has 0 spiro atoms. The summed E-state index contributed by atoms with van der Waals surface area (Å²) in [7, 11) is 1.44. The molecule has 2 aliphatic rings. The van der Waals surface area contributed by atoms with E-state index in [1.54, 1.807) is 0 Å². The average Bonchev–Trinajstić information content (AvgIpc) is 3.10. The van der Waals surface area contributed by atoms with Gasteiger partial charge in [-0.05, 0) is 70.4 Å². The maximum Gasteiger partial charge on any atom is 0.342 e. The number of phenolic OH excluding ortho intramolecular Hbond substituents is 1. The molecule has 0 unspecified atom stereocenters. The maximum absolute atomic E-state index is 12.7. The van der Waals surface area contributed by atoms with Crippen LogP contribution in [0.25, 0.3) is 0 Å². The third kappa shape index (κ3) is 11.0. The van der Waals surface area contributed by atoms with Gasteiger partial charge in [0, 0.05) is 50.1 Å². The number of nitrogen functional groups attached to an aromatic ring is 2. The van der Waals surface area contributed by atoms with Crippen molar-refractivity contribution in [3.05, 3.63) is 45.4 Å². The molecule has 7 N–H and O–H groups in total. The molecule has 2 aromatic rings. The highest BCUT2D eigenvalue weighted by Gasteiger charge is 2.27. The first-order valence-electron chi connectivity index (χ1n) is 16.7. The van der Waals surface area contributed by atoms with Gasteiger partial charge in [-0.25, -0.2) is 9.59 Å². The standard InChI is InChI=1S/C34H46Cl2N6O8/c1-48-30-20-28(38)26(36)18-24(30)34(47)50-16-14-42-11-5-22(6-12-42)32(45)40-8-2-7-39-31(44)21-3-9-41(10-4-21)13-15-49-33(46)23-17-25(35)27(37)19-29(23)43/h17-22,43H,2-16,37-38H2,1H3,(H,39,44)(H,40,45). The Hall–Kier alpha value is -3.98. The number of methoxy groups -OCH3 is 1. The molecule has 0 aromatic heterocycles. The van der Waals surface area contributed by atoms with Crippen molar-refractivity contribution in [3.63, 3.8) is 0 Å². The lowest BCUT2D eigenvalue weighted by atomic mass is 9.95. The van der Waals surface area contributed by atoms with E-state index in [1.807, 2.05) is 0 Å². The first-order valence-corrected chi connectivity index (χ1v) is 17.5. The lowest BCUT2D eigenvalue weighted by Crippen LogP contribution is -2.43. The Morgan fingerprint density at radius 3 is 1.68 bits per heavy atom. The van der Waals surface area contributed by atoms with Gasteiger partial charge in [-0.15, -0.1) is 0 Å². The fraction of sp³-hybridized carbons (Fsp3) is 0.529. The van der Waals surface area contributed by atoms with Crippen LogP contribution in [-0.2, 0) is 19.1 Å². The number of rotatable bonds is 15. The van der Waals surface area contributed by atoms with Crippen LogP contribution in [0, 0.1) is 11.8 Å². The third-order valence-corrected chi connectivity index (χ3v) is 9.68. The smallest absolute Gasteiger partial charge is 0.342 e. The molecule has 2 amide bonds. The van der Waals surface area contributed by atoms with Gasteiger partial charge in [0.1, 0.15) is 35.8 Å². The van der Waals surface area contributed by atoms with Crippen LogP contribution in [0.15, 0.2) is 24.3 Å². The second kappa shape index (κ2) is 18.9. The molecule has 2 heterocycles. The topological polar surface area (TPSA) is 199 Å². The first-order chi connectivity index (χ1) is 24.0. The van der Waals surface area contributed by atoms with Gasteiger partial charge < -0.3 is 41.4 Å². The highest BCUT2D eigenvalue weighted by Crippen LogP contribution is 2.30. The summed E-state index contributed by atoms with van der Waals surface area (Å²) in [6.07, 6.45) is 3.43. The number of phenols is 1. The van der Waals surface area contributed by atoms with Crippen molar-refractivity contribution >= 4 is 58.3 Å². The van der Waals surface area contributed by atoms with Gasteiger partial charge in [0.15, 0.2) is 0 Å². The van der Waals surface area contributed by atoms with E-state index in [0.717, 1.165) is 13.1 Å². The highest BCUT2D eigenvalue weighted by molar-refractivity contribution is 6.34. The molecule has 274 valence electrons. The second-order valence-corrected chi connectivity index (χ2v) is 13.2. The molecular weight excluding hydrogens is 691 g/mol. The second-order valence-electron chi connectivity index (χ2n) is 12.4. The maximum atomic E-state index is 12.7. The molecular formula is C34H46Cl2N6O8. The Morgan fingerprint density at radius 1 is 0.760 bits per heavy atom. The number of likely N-dealkylation sites (tertiary alicyclic amines) is 2. The van der Waals surface area contributed by atoms with Crippen LogP contribution < -0.4 is 26.8 Å². The zero-order valence-corrected chi connectivity index (χ0v) is 29.7. The largest absolute Gasteiger partial charge is 0.507 e. The van der Waals surface area contributed by atoms with E-state index in [-0.39, 0.29) is 69.5 Å². The minimum Gasteiger partial charge on any atom is -0.507 e. The number of nitrogens with one attached hydrogen (secondary N) is 2. The number of aromatic hydroxyl groups is 1. The van der Waals surface area contributed by atoms with E-state index in [4.69, 9.17) is 48.9 Å². The van der Waals surface area contributed by atoms with E-state index in [2.05, 4.69) is 20.4 Å². The molecule has 2 saturated heterocycles. The van der Waals surface area contributed by atoms with E-state index in [0.29, 0.717) is 82.8 Å². The van der Waals surface area contributed by atoms with E-state index in [1.165, 1.54) is 31.4 Å². The van der Waals surface area contributed by atoms with Crippen LogP contribution in [0.4, 0.5) is 11.4 Å². The van der Waals surface area contributed by atoms with E-state index >= 15 is 0 Å². The molecule has 2 aromatic carbocycles. The van der Waals surface area contributed by atoms with Crippen molar-refractivity contribution < 1.29 is 38.5 Å². The Labute approximate surface area is 301 Å². The van der Waals surface area contributed by atoms with Gasteiger partial charge >= 0.3 is 11.9 Å². The molecule has 2 fully saturated rings. The SMILES string of the molecule is COc1cc(N)c(Cl)cc1C(=O)OCCN1CCC(C(=O)NCCCNC(=O)C2CCN(CCOC(=O)c3cc(Cl)c(N)cc3O)CC2)CC1. The van der Waals surface area contributed by atoms with Crippen molar-refractivity contribution in [3.8, 4) is 11.5 Å². The van der Waals surface area contributed by atoms with Crippen LogP contribution in [0.3, 0.4) is 0 Å². The Morgan fingerprint density at radius 2 is 1.20 bits per heavy atom. The number of nitrogens with two attached hydrogens (primary N) is 2. The van der Waals surface area contributed by atoms with Crippen LogP contribution >= 0.6 is 23.2 Å². The van der Waals surface area contributed by atoms with E-state index < -0.39 is 11.9 Å². The Kier molecular flexibility index (Phi) is 14.6.